The number of hydrogen-bond acceptors (Lipinski definition) is 3. The van der Waals surface area contributed by atoms with Crippen LogP contribution in [0.3, 0.4) is 0 Å². The molecule has 0 saturated carbocycles. The van der Waals surface area contributed by atoms with Crippen molar-refractivity contribution in [2.45, 2.75) is 13.0 Å². The summed E-state index contributed by atoms with van der Waals surface area (Å²) < 4.78 is 13.2. The number of benzene rings is 1. The minimum Gasteiger partial charge on any atom is -0.378 e. The predicted molar refractivity (Wildman–Crippen MR) is 70.6 cm³/mol. The number of rotatable bonds is 3. The van der Waals surface area contributed by atoms with Crippen molar-refractivity contribution in [2.75, 3.05) is 5.32 Å². The molecule has 0 aliphatic rings. The monoisotopic (exact) mass is 290 g/mol. The van der Waals surface area contributed by atoms with Crippen LogP contribution in [0.15, 0.2) is 23.8 Å². The Balaban J connectivity index is 2.19. The molecule has 0 aliphatic heterocycles. The fourth-order valence-electron chi connectivity index (χ4n) is 1.40. The summed E-state index contributed by atoms with van der Waals surface area (Å²) in [4.78, 5) is 5.09. The zero-order valence-electron chi connectivity index (χ0n) is 8.88. The van der Waals surface area contributed by atoms with Gasteiger partial charge in [0.15, 0.2) is 5.82 Å². The smallest absolute Gasteiger partial charge is 0.160 e. The van der Waals surface area contributed by atoms with Crippen molar-refractivity contribution in [3.63, 3.8) is 0 Å². The first-order chi connectivity index (χ1) is 8.08. The Morgan fingerprint density at radius 3 is 2.53 bits per heavy atom. The van der Waals surface area contributed by atoms with Crippen molar-refractivity contribution in [1.82, 2.24) is 4.98 Å². The third kappa shape index (κ3) is 2.89. The van der Waals surface area contributed by atoms with Crippen molar-refractivity contribution in [2.24, 2.45) is 0 Å². The van der Waals surface area contributed by atoms with Gasteiger partial charge in [0.05, 0.1) is 21.6 Å². The fourth-order valence-corrected chi connectivity index (χ4v) is 2.51. The largest absolute Gasteiger partial charge is 0.378 e. The van der Waals surface area contributed by atoms with Gasteiger partial charge in [-0.05, 0) is 19.1 Å². The average molecular weight is 291 g/mol. The van der Waals surface area contributed by atoms with Crippen LogP contribution in [0, 0.1) is 5.82 Å². The van der Waals surface area contributed by atoms with Gasteiger partial charge in [-0.25, -0.2) is 4.39 Å². The molecule has 6 heteroatoms. The molecule has 1 aromatic heterocycles. The lowest BCUT2D eigenvalue weighted by Crippen LogP contribution is -2.05. The summed E-state index contributed by atoms with van der Waals surface area (Å²) in [6, 6.07) is 3.10. The van der Waals surface area contributed by atoms with Gasteiger partial charge in [-0.15, -0.1) is 11.3 Å². The van der Waals surface area contributed by atoms with Crippen LogP contribution >= 0.6 is 34.5 Å². The zero-order valence-corrected chi connectivity index (χ0v) is 11.2. The summed E-state index contributed by atoms with van der Waals surface area (Å²) in [7, 11) is 0. The summed E-state index contributed by atoms with van der Waals surface area (Å²) in [5, 5.41) is 3.21. The molecule has 1 unspecified atom stereocenters. The molecule has 2 rings (SSSR count). The van der Waals surface area contributed by atoms with E-state index in [0.29, 0.717) is 5.69 Å². The Hall–Kier alpha value is -0.840. The quantitative estimate of drug-likeness (QED) is 0.824. The van der Waals surface area contributed by atoms with Crippen molar-refractivity contribution < 1.29 is 4.39 Å². The number of thiazole rings is 1. The van der Waals surface area contributed by atoms with Gasteiger partial charge in [0, 0.05) is 16.8 Å². The molecule has 0 bridgehead atoms. The maximum absolute atomic E-state index is 13.2. The molecule has 90 valence electrons. The number of aromatic nitrogens is 1. The Labute approximate surface area is 112 Å². The van der Waals surface area contributed by atoms with Gasteiger partial charge in [0.2, 0.25) is 0 Å². The molecule has 1 atom stereocenters. The Kier molecular flexibility index (Phi) is 3.86. The molecular weight excluding hydrogens is 282 g/mol. The molecule has 0 saturated heterocycles. The standard InChI is InChI=1S/C11H9Cl2FN2S/c1-6(10-4-15-5-17-10)16-7-2-8(12)11(14)9(13)3-7/h2-6,16H,1H3. The summed E-state index contributed by atoms with van der Waals surface area (Å²) in [6.45, 7) is 1.98. The Morgan fingerprint density at radius 1 is 1.35 bits per heavy atom. The highest BCUT2D eigenvalue weighted by Crippen LogP contribution is 2.29. The molecule has 0 spiro atoms. The second-order valence-electron chi connectivity index (χ2n) is 3.52. The highest BCUT2D eigenvalue weighted by Gasteiger charge is 2.11. The second kappa shape index (κ2) is 5.21. The van der Waals surface area contributed by atoms with Crippen LogP contribution in [0.1, 0.15) is 17.8 Å². The van der Waals surface area contributed by atoms with E-state index in [9.17, 15) is 4.39 Å². The van der Waals surface area contributed by atoms with E-state index >= 15 is 0 Å². The average Bonchev–Trinajstić information content (AvgIpc) is 2.79. The molecule has 0 radical (unpaired) electrons. The lowest BCUT2D eigenvalue weighted by molar-refractivity contribution is 0.628. The van der Waals surface area contributed by atoms with E-state index in [-0.39, 0.29) is 16.1 Å². The van der Waals surface area contributed by atoms with Crippen molar-refractivity contribution in [3.8, 4) is 0 Å². The maximum Gasteiger partial charge on any atom is 0.160 e. The number of hydrogen-bond donors (Lipinski definition) is 1. The van der Waals surface area contributed by atoms with Gasteiger partial charge in [-0.3, -0.25) is 4.98 Å². The van der Waals surface area contributed by atoms with Gasteiger partial charge >= 0.3 is 0 Å². The van der Waals surface area contributed by atoms with E-state index < -0.39 is 5.82 Å². The molecule has 1 aromatic carbocycles. The van der Waals surface area contributed by atoms with Gasteiger partial charge in [0.1, 0.15) is 0 Å². The van der Waals surface area contributed by atoms with E-state index in [4.69, 9.17) is 23.2 Å². The molecule has 2 nitrogen and oxygen atoms in total. The van der Waals surface area contributed by atoms with Gasteiger partial charge < -0.3 is 5.32 Å². The highest BCUT2D eigenvalue weighted by molar-refractivity contribution is 7.09. The van der Waals surface area contributed by atoms with Crippen molar-refractivity contribution in [3.05, 3.63) is 44.6 Å². The molecule has 0 fully saturated rings. The van der Waals surface area contributed by atoms with Crippen LogP contribution in [0.4, 0.5) is 10.1 Å². The van der Waals surface area contributed by atoms with E-state index in [1.807, 2.05) is 6.92 Å². The molecule has 0 aliphatic carbocycles. The zero-order chi connectivity index (χ0) is 12.4. The molecule has 0 amide bonds. The van der Waals surface area contributed by atoms with Crippen LogP contribution < -0.4 is 5.32 Å². The van der Waals surface area contributed by atoms with E-state index in [0.717, 1.165) is 4.88 Å². The maximum atomic E-state index is 13.2. The van der Waals surface area contributed by atoms with Crippen LogP contribution in [0.5, 0.6) is 0 Å². The van der Waals surface area contributed by atoms with Crippen molar-refractivity contribution in [1.29, 1.82) is 0 Å². The summed E-state index contributed by atoms with van der Waals surface area (Å²) in [5.41, 5.74) is 2.44. The molecule has 1 heterocycles. The minimum absolute atomic E-state index is 0.0107. The third-order valence-electron chi connectivity index (χ3n) is 2.25. The van der Waals surface area contributed by atoms with Crippen LogP contribution in [0.25, 0.3) is 0 Å². The second-order valence-corrected chi connectivity index (χ2v) is 5.26. The van der Waals surface area contributed by atoms with Crippen molar-refractivity contribution >= 4 is 40.2 Å². The number of nitrogens with one attached hydrogen (secondary N) is 1. The summed E-state index contributed by atoms with van der Waals surface area (Å²) in [6.07, 6.45) is 1.79. The fraction of sp³-hybridized carbons (Fsp3) is 0.182. The lowest BCUT2D eigenvalue weighted by atomic mass is 10.2. The number of anilines is 1. The minimum atomic E-state index is -0.593. The predicted octanol–water partition coefficient (Wildman–Crippen LogP) is 4.76. The van der Waals surface area contributed by atoms with Crippen LogP contribution in [-0.4, -0.2) is 4.98 Å². The lowest BCUT2D eigenvalue weighted by Gasteiger charge is -2.14. The van der Waals surface area contributed by atoms with E-state index in [1.54, 1.807) is 23.0 Å². The van der Waals surface area contributed by atoms with Gasteiger partial charge in [0.25, 0.3) is 0 Å². The first-order valence-electron chi connectivity index (χ1n) is 4.87. The van der Waals surface area contributed by atoms with Gasteiger partial charge in [-0.2, -0.15) is 0 Å². The molecule has 2 aromatic rings. The third-order valence-corrected chi connectivity index (χ3v) is 3.75. The summed E-state index contributed by atoms with van der Waals surface area (Å²) >= 11 is 13.0. The normalized spacial score (nSPS) is 12.5. The molecule has 17 heavy (non-hydrogen) atoms. The number of halogens is 3. The topological polar surface area (TPSA) is 24.9 Å². The molecular formula is C11H9Cl2FN2S. The Bertz CT molecular complexity index is 493. The van der Waals surface area contributed by atoms with Crippen LogP contribution in [0.2, 0.25) is 10.0 Å². The number of nitrogens with zero attached hydrogens (tertiary/aromatic N) is 1. The van der Waals surface area contributed by atoms with E-state index in [2.05, 4.69) is 10.3 Å². The Morgan fingerprint density at radius 2 is 2.00 bits per heavy atom. The summed E-state index contributed by atoms with van der Waals surface area (Å²) in [5.74, 6) is -0.593. The first kappa shape index (κ1) is 12.6. The van der Waals surface area contributed by atoms with E-state index in [1.165, 1.54) is 12.1 Å². The van der Waals surface area contributed by atoms with Gasteiger partial charge in [-0.1, -0.05) is 23.2 Å². The SMILES string of the molecule is CC(Nc1cc(Cl)c(F)c(Cl)c1)c1cncs1. The van der Waals surface area contributed by atoms with Crippen LogP contribution in [-0.2, 0) is 0 Å². The molecule has 1 N–H and O–H groups in total. The first-order valence-corrected chi connectivity index (χ1v) is 6.51. The highest BCUT2D eigenvalue weighted by atomic mass is 35.5.